The van der Waals surface area contributed by atoms with Gasteiger partial charge in [0.1, 0.15) is 0 Å². The topological polar surface area (TPSA) is 82.8 Å². The molecule has 0 fully saturated rings. The first-order chi connectivity index (χ1) is 15.2. The minimum absolute atomic E-state index is 0.299. The van der Waals surface area contributed by atoms with Gasteiger partial charge in [0, 0.05) is 12.0 Å². The molecule has 3 aromatic carbocycles. The van der Waals surface area contributed by atoms with Gasteiger partial charge in [-0.25, -0.2) is 9.80 Å². The van der Waals surface area contributed by atoms with E-state index in [1.54, 1.807) is 48.5 Å². The van der Waals surface area contributed by atoms with Crippen LogP contribution in [0.25, 0.3) is 11.1 Å². The van der Waals surface area contributed by atoms with Crippen LogP contribution in [0.1, 0.15) is 27.9 Å². The molecule has 152 valence electrons. The molecule has 4 rings (SSSR count). The Labute approximate surface area is 180 Å². The lowest BCUT2D eigenvalue weighted by atomic mass is 9.96. The number of carbonyl (C=O) groups is 2. The highest BCUT2D eigenvalue weighted by Gasteiger charge is 2.23. The second kappa shape index (κ2) is 9.06. The zero-order valence-corrected chi connectivity index (χ0v) is 16.7. The van der Waals surface area contributed by atoms with Crippen molar-refractivity contribution in [1.82, 2.24) is 5.01 Å². The Bertz CT molecular complexity index is 1200. The van der Waals surface area contributed by atoms with E-state index in [1.807, 2.05) is 30.3 Å². The molecule has 3 aromatic rings. The fourth-order valence-corrected chi connectivity index (χ4v) is 3.46. The largest absolute Gasteiger partial charge is 0.452 e. The van der Waals surface area contributed by atoms with Crippen LogP contribution in [0.3, 0.4) is 0 Å². The van der Waals surface area contributed by atoms with Crippen LogP contribution in [0.2, 0.25) is 0 Å². The van der Waals surface area contributed by atoms with Crippen molar-refractivity contribution in [3.8, 4) is 17.2 Å². The van der Waals surface area contributed by atoms with Crippen molar-refractivity contribution in [3.63, 3.8) is 0 Å². The van der Waals surface area contributed by atoms with Crippen molar-refractivity contribution < 1.29 is 14.3 Å². The van der Waals surface area contributed by atoms with Crippen LogP contribution in [-0.2, 0) is 9.53 Å². The molecule has 0 aliphatic carbocycles. The third-order valence-electron chi connectivity index (χ3n) is 5.01. The van der Waals surface area contributed by atoms with Gasteiger partial charge in [-0.05, 0) is 23.3 Å². The van der Waals surface area contributed by atoms with Gasteiger partial charge in [-0.2, -0.15) is 10.4 Å². The zero-order chi connectivity index (χ0) is 21.6. The molecule has 31 heavy (non-hydrogen) atoms. The maximum atomic E-state index is 12.7. The lowest BCUT2D eigenvalue weighted by Gasteiger charge is -2.13. The molecule has 6 nitrogen and oxygen atoms in total. The number of hydrogen-bond donors (Lipinski definition) is 0. The fourth-order valence-electron chi connectivity index (χ4n) is 3.46. The summed E-state index contributed by atoms with van der Waals surface area (Å²) in [4.78, 5) is 25.2. The molecule has 1 amide bonds. The predicted octanol–water partition coefficient (Wildman–Crippen LogP) is 4.02. The average molecular weight is 409 g/mol. The first-order valence-corrected chi connectivity index (χ1v) is 9.86. The Morgan fingerprint density at radius 2 is 1.61 bits per heavy atom. The quantitative estimate of drug-likeness (QED) is 0.596. The molecule has 0 radical (unpaired) electrons. The molecular formula is C25H19N3O3. The highest BCUT2D eigenvalue weighted by Crippen LogP contribution is 2.27. The standard InChI is InChI=1S/C25H19N3O3/c26-16-19-10-4-5-11-20(19)21-12-6-7-13-22(21)25(30)31-17-24(29)28-15-14-23(27-28)18-8-2-1-3-9-18/h1-13H,14-15,17H2. The van der Waals surface area contributed by atoms with Crippen LogP contribution in [-0.4, -0.2) is 35.7 Å². The number of hydrogen-bond acceptors (Lipinski definition) is 5. The van der Waals surface area contributed by atoms with Crippen molar-refractivity contribution in [3.05, 3.63) is 95.6 Å². The van der Waals surface area contributed by atoms with E-state index in [2.05, 4.69) is 11.2 Å². The summed E-state index contributed by atoms with van der Waals surface area (Å²) < 4.78 is 5.30. The van der Waals surface area contributed by atoms with Gasteiger partial charge in [0.15, 0.2) is 6.61 Å². The Hall–Kier alpha value is -4.24. The molecule has 0 saturated carbocycles. The van der Waals surface area contributed by atoms with Crippen LogP contribution in [0.15, 0.2) is 84.0 Å². The fraction of sp³-hybridized carbons (Fsp3) is 0.120. The Balaban J connectivity index is 1.46. The van der Waals surface area contributed by atoms with Crippen molar-refractivity contribution in [2.75, 3.05) is 13.2 Å². The Morgan fingerprint density at radius 3 is 2.39 bits per heavy atom. The van der Waals surface area contributed by atoms with Crippen molar-refractivity contribution >= 4 is 17.6 Å². The highest BCUT2D eigenvalue weighted by molar-refractivity contribution is 6.03. The van der Waals surface area contributed by atoms with Crippen molar-refractivity contribution in [1.29, 1.82) is 5.26 Å². The minimum atomic E-state index is -0.622. The van der Waals surface area contributed by atoms with Crippen LogP contribution in [0, 0.1) is 11.3 Å². The number of rotatable bonds is 5. The summed E-state index contributed by atoms with van der Waals surface area (Å²) >= 11 is 0. The van der Waals surface area contributed by atoms with E-state index in [4.69, 9.17) is 4.74 Å². The number of ether oxygens (including phenoxy) is 1. The number of carbonyl (C=O) groups excluding carboxylic acids is 2. The van der Waals surface area contributed by atoms with E-state index in [1.165, 1.54) is 5.01 Å². The molecule has 0 atom stereocenters. The molecule has 1 heterocycles. The zero-order valence-electron chi connectivity index (χ0n) is 16.7. The summed E-state index contributed by atoms with van der Waals surface area (Å²) in [7, 11) is 0. The maximum absolute atomic E-state index is 12.7. The third kappa shape index (κ3) is 4.36. The van der Waals surface area contributed by atoms with Gasteiger partial charge in [-0.15, -0.1) is 0 Å². The molecule has 1 aliphatic rings. The van der Waals surface area contributed by atoms with E-state index in [9.17, 15) is 14.9 Å². The van der Waals surface area contributed by atoms with Gasteiger partial charge in [0.25, 0.3) is 5.91 Å². The van der Waals surface area contributed by atoms with E-state index in [0.717, 1.165) is 11.3 Å². The summed E-state index contributed by atoms with van der Waals surface area (Å²) in [6, 6.07) is 25.7. The second-order valence-electron chi connectivity index (χ2n) is 6.96. The Kier molecular flexibility index (Phi) is 5.86. The van der Waals surface area contributed by atoms with Gasteiger partial charge in [-0.1, -0.05) is 66.7 Å². The van der Waals surface area contributed by atoms with E-state index in [0.29, 0.717) is 35.2 Å². The van der Waals surface area contributed by atoms with Crippen LogP contribution in [0.5, 0.6) is 0 Å². The molecule has 0 N–H and O–H groups in total. The van der Waals surface area contributed by atoms with Crippen LogP contribution in [0.4, 0.5) is 0 Å². The second-order valence-corrected chi connectivity index (χ2v) is 6.96. The molecule has 6 heteroatoms. The molecule has 0 aromatic heterocycles. The third-order valence-corrected chi connectivity index (χ3v) is 5.01. The van der Waals surface area contributed by atoms with Crippen LogP contribution >= 0.6 is 0 Å². The monoisotopic (exact) mass is 409 g/mol. The number of amides is 1. The van der Waals surface area contributed by atoms with Crippen molar-refractivity contribution in [2.24, 2.45) is 5.10 Å². The molecule has 1 aliphatic heterocycles. The number of nitrogens with zero attached hydrogens (tertiary/aromatic N) is 3. The lowest BCUT2D eigenvalue weighted by Crippen LogP contribution is -2.28. The van der Waals surface area contributed by atoms with Gasteiger partial charge >= 0.3 is 5.97 Å². The number of esters is 1. The number of benzene rings is 3. The van der Waals surface area contributed by atoms with Crippen LogP contribution < -0.4 is 0 Å². The smallest absolute Gasteiger partial charge is 0.339 e. The van der Waals surface area contributed by atoms with Gasteiger partial charge in [0.05, 0.1) is 29.5 Å². The Morgan fingerprint density at radius 1 is 0.935 bits per heavy atom. The molecule has 0 saturated heterocycles. The first-order valence-electron chi connectivity index (χ1n) is 9.86. The van der Waals surface area contributed by atoms with Crippen molar-refractivity contribution in [2.45, 2.75) is 6.42 Å². The lowest BCUT2D eigenvalue weighted by molar-refractivity contribution is -0.134. The van der Waals surface area contributed by atoms with Gasteiger partial charge in [-0.3, -0.25) is 4.79 Å². The molecule has 0 spiro atoms. The number of hydrazone groups is 1. The number of nitriles is 1. The van der Waals surface area contributed by atoms with E-state index < -0.39 is 12.6 Å². The van der Waals surface area contributed by atoms with E-state index in [-0.39, 0.29) is 5.91 Å². The normalized spacial score (nSPS) is 12.7. The molecular weight excluding hydrogens is 390 g/mol. The average Bonchev–Trinajstić information content (AvgIpc) is 3.33. The van der Waals surface area contributed by atoms with Gasteiger partial charge < -0.3 is 4.74 Å². The molecule has 0 bridgehead atoms. The predicted molar refractivity (Wildman–Crippen MR) is 116 cm³/mol. The summed E-state index contributed by atoms with van der Waals surface area (Å²) in [5.41, 5.74) is 3.79. The van der Waals surface area contributed by atoms with E-state index >= 15 is 0 Å². The minimum Gasteiger partial charge on any atom is -0.452 e. The maximum Gasteiger partial charge on any atom is 0.339 e. The summed E-state index contributed by atoms with van der Waals surface area (Å²) in [5.74, 6) is -1.00. The highest BCUT2D eigenvalue weighted by atomic mass is 16.5. The molecule has 0 unspecified atom stereocenters. The summed E-state index contributed by atoms with van der Waals surface area (Å²) in [6.07, 6.45) is 0.650. The summed E-state index contributed by atoms with van der Waals surface area (Å²) in [5, 5.41) is 15.1. The summed E-state index contributed by atoms with van der Waals surface area (Å²) in [6.45, 7) is 0.0470. The van der Waals surface area contributed by atoms with Gasteiger partial charge in [0.2, 0.25) is 0 Å². The SMILES string of the molecule is N#Cc1ccccc1-c1ccccc1C(=O)OCC(=O)N1CCC(c2ccccc2)=N1. The first kappa shape index (κ1) is 20.0.